The van der Waals surface area contributed by atoms with Crippen molar-refractivity contribution in [3.63, 3.8) is 0 Å². The highest BCUT2D eigenvalue weighted by Gasteiger charge is 2.41. The molecule has 2 unspecified atom stereocenters. The Bertz CT molecular complexity index is 408. The lowest BCUT2D eigenvalue weighted by Gasteiger charge is -2.40. The zero-order valence-electron chi connectivity index (χ0n) is 13.5. The fourth-order valence-electron chi connectivity index (χ4n) is 3.45. The van der Waals surface area contributed by atoms with Gasteiger partial charge in [-0.15, -0.1) is 0 Å². The smallest absolute Gasteiger partial charge is 0.320 e. The number of hydrogen-bond donors (Lipinski definition) is 1. The molecule has 2 aliphatic heterocycles. The van der Waals surface area contributed by atoms with Gasteiger partial charge in [0, 0.05) is 26.2 Å². The first-order valence-corrected chi connectivity index (χ1v) is 8.13. The van der Waals surface area contributed by atoms with Crippen LogP contribution in [0.2, 0.25) is 0 Å². The van der Waals surface area contributed by atoms with E-state index in [1.807, 2.05) is 9.80 Å². The lowest BCUT2D eigenvalue weighted by molar-refractivity contribution is -0.151. The molecule has 2 fully saturated rings. The summed E-state index contributed by atoms with van der Waals surface area (Å²) in [5.41, 5.74) is -0.768. The van der Waals surface area contributed by atoms with Crippen LogP contribution in [0.4, 0.5) is 4.79 Å². The van der Waals surface area contributed by atoms with Gasteiger partial charge in [0.05, 0.1) is 5.41 Å². The maximum atomic E-state index is 12.6. The summed E-state index contributed by atoms with van der Waals surface area (Å²) in [7, 11) is 0. The van der Waals surface area contributed by atoms with Crippen molar-refractivity contribution in [2.75, 3.05) is 26.2 Å². The first kappa shape index (κ1) is 16.1. The maximum Gasteiger partial charge on any atom is 0.320 e. The van der Waals surface area contributed by atoms with Crippen LogP contribution in [0.5, 0.6) is 0 Å². The van der Waals surface area contributed by atoms with Crippen molar-refractivity contribution >= 4 is 12.0 Å². The maximum absolute atomic E-state index is 12.6. The van der Waals surface area contributed by atoms with Crippen LogP contribution in [0.3, 0.4) is 0 Å². The van der Waals surface area contributed by atoms with E-state index in [-0.39, 0.29) is 11.9 Å². The molecule has 2 atom stereocenters. The van der Waals surface area contributed by atoms with Crippen LogP contribution in [-0.2, 0) is 4.79 Å². The Kier molecular flexibility index (Phi) is 4.79. The number of hydrogen-bond acceptors (Lipinski definition) is 2. The van der Waals surface area contributed by atoms with Gasteiger partial charge in [0.2, 0.25) is 0 Å². The number of carboxylic acid groups (broad SMARTS) is 1. The van der Waals surface area contributed by atoms with Gasteiger partial charge in [0.1, 0.15) is 0 Å². The predicted octanol–water partition coefficient (Wildman–Crippen LogP) is 2.66. The fourth-order valence-corrected chi connectivity index (χ4v) is 3.45. The molecule has 5 nitrogen and oxygen atoms in total. The van der Waals surface area contributed by atoms with Gasteiger partial charge in [-0.05, 0) is 44.9 Å². The van der Waals surface area contributed by atoms with E-state index in [0.29, 0.717) is 12.5 Å². The minimum atomic E-state index is -0.769. The molecule has 5 heteroatoms. The lowest BCUT2D eigenvalue weighted by Crippen LogP contribution is -2.50. The van der Waals surface area contributed by atoms with Crippen LogP contribution in [0.25, 0.3) is 0 Å². The minimum absolute atomic E-state index is 0.0391. The van der Waals surface area contributed by atoms with E-state index in [0.717, 1.165) is 45.3 Å². The van der Waals surface area contributed by atoms with E-state index >= 15 is 0 Å². The molecule has 0 aromatic carbocycles. The summed E-state index contributed by atoms with van der Waals surface area (Å²) in [5.74, 6) is -0.101. The second kappa shape index (κ2) is 6.24. The van der Waals surface area contributed by atoms with Crippen LogP contribution in [0, 0.1) is 17.3 Å². The molecule has 0 aromatic heterocycles. The Hall–Kier alpha value is -1.26. The Morgan fingerprint density at radius 1 is 1.14 bits per heavy atom. The largest absolute Gasteiger partial charge is 0.481 e. The Morgan fingerprint density at radius 2 is 1.81 bits per heavy atom. The van der Waals surface area contributed by atoms with E-state index in [4.69, 9.17) is 0 Å². The summed E-state index contributed by atoms with van der Waals surface area (Å²) < 4.78 is 0. The van der Waals surface area contributed by atoms with E-state index < -0.39 is 11.4 Å². The van der Waals surface area contributed by atoms with Crippen molar-refractivity contribution in [1.82, 2.24) is 9.80 Å². The van der Waals surface area contributed by atoms with Gasteiger partial charge in [0.15, 0.2) is 0 Å². The third-order valence-corrected chi connectivity index (χ3v) is 5.40. The van der Waals surface area contributed by atoms with Crippen LogP contribution in [-0.4, -0.2) is 53.1 Å². The predicted molar refractivity (Wildman–Crippen MR) is 81.1 cm³/mol. The Balaban J connectivity index is 1.98. The topological polar surface area (TPSA) is 60.9 Å². The van der Waals surface area contributed by atoms with E-state index in [9.17, 15) is 14.7 Å². The first-order chi connectivity index (χ1) is 9.86. The number of aliphatic carboxylic acids is 1. The van der Waals surface area contributed by atoms with Crippen molar-refractivity contribution in [2.45, 2.75) is 46.5 Å². The van der Waals surface area contributed by atoms with Crippen molar-refractivity contribution in [2.24, 2.45) is 17.3 Å². The molecular weight excluding hydrogens is 268 g/mol. The van der Waals surface area contributed by atoms with E-state index in [1.165, 1.54) is 0 Å². The lowest BCUT2D eigenvalue weighted by atomic mass is 9.74. The molecule has 0 aromatic rings. The second-order valence-corrected chi connectivity index (χ2v) is 7.10. The molecule has 0 bridgehead atoms. The van der Waals surface area contributed by atoms with E-state index in [2.05, 4.69) is 6.92 Å². The zero-order chi connectivity index (χ0) is 15.6. The number of carbonyl (C=O) groups is 2. The Labute approximate surface area is 127 Å². The molecule has 0 radical (unpaired) electrons. The van der Waals surface area contributed by atoms with E-state index in [1.54, 1.807) is 13.8 Å². The highest BCUT2D eigenvalue weighted by molar-refractivity contribution is 5.76. The standard InChI is InChI=1S/C16H28N2O3/c1-4-12-7-9-18(10-12)15(21)17-8-5-6-13(11-17)16(2,3)14(19)20/h12-13H,4-11H2,1-3H3,(H,19,20). The molecular formula is C16H28N2O3. The summed E-state index contributed by atoms with van der Waals surface area (Å²) in [5, 5.41) is 9.38. The number of likely N-dealkylation sites (tertiary alicyclic amines) is 2. The number of carbonyl (C=O) groups excluding carboxylic acids is 1. The molecule has 1 N–H and O–H groups in total. The van der Waals surface area contributed by atoms with Gasteiger partial charge < -0.3 is 14.9 Å². The van der Waals surface area contributed by atoms with Gasteiger partial charge in [-0.25, -0.2) is 4.79 Å². The fraction of sp³-hybridized carbons (Fsp3) is 0.875. The van der Waals surface area contributed by atoms with Crippen molar-refractivity contribution in [1.29, 1.82) is 0 Å². The molecule has 2 saturated heterocycles. The second-order valence-electron chi connectivity index (χ2n) is 7.10. The quantitative estimate of drug-likeness (QED) is 0.871. The molecule has 2 rings (SSSR count). The number of nitrogens with zero attached hydrogens (tertiary/aromatic N) is 2. The van der Waals surface area contributed by atoms with Crippen molar-refractivity contribution < 1.29 is 14.7 Å². The number of amides is 2. The monoisotopic (exact) mass is 296 g/mol. The summed E-state index contributed by atoms with van der Waals surface area (Å²) in [6, 6.07) is 0.108. The average Bonchev–Trinajstić information content (AvgIpc) is 2.95. The summed E-state index contributed by atoms with van der Waals surface area (Å²) in [6.07, 6.45) is 4.01. The summed E-state index contributed by atoms with van der Waals surface area (Å²) >= 11 is 0. The number of piperidine rings is 1. The third-order valence-electron chi connectivity index (χ3n) is 5.40. The SMILES string of the molecule is CCC1CCN(C(=O)N2CCCC(C(C)(C)C(=O)O)C2)C1. The number of carboxylic acids is 1. The summed E-state index contributed by atoms with van der Waals surface area (Å²) in [6.45, 7) is 8.77. The number of rotatable bonds is 3. The molecule has 2 aliphatic rings. The van der Waals surface area contributed by atoms with Crippen molar-refractivity contribution in [3.8, 4) is 0 Å². The van der Waals surface area contributed by atoms with Crippen LogP contribution in [0.15, 0.2) is 0 Å². The van der Waals surface area contributed by atoms with Gasteiger partial charge >= 0.3 is 12.0 Å². The molecule has 0 spiro atoms. The minimum Gasteiger partial charge on any atom is -0.481 e. The third kappa shape index (κ3) is 3.33. The molecule has 120 valence electrons. The average molecular weight is 296 g/mol. The Morgan fingerprint density at radius 3 is 2.38 bits per heavy atom. The number of urea groups is 1. The van der Waals surface area contributed by atoms with Gasteiger partial charge in [0.25, 0.3) is 0 Å². The molecule has 2 amide bonds. The zero-order valence-corrected chi connectivity index (χ0v) is 13.5. The normalized spacial score (nSPS) is 27.0. The van der Waals surface area contributed by atoms with Crippen LogP contribution < -0.4 is 0 Å². The summed E-state index contributed by atoms with van der Waals surface area (Å²) in [4.78, 5) is 27.9. The molecule has 0 saturated carbocycles. The van der Waals surface area contributed by atoms with Crippen LogP contribution >= 0.6 is 0 Å². The van der Waals surface area contributed by atoms with Gasteiger partial charge in [-0.3, -0.25) is 4.79 Å². The highest BCUT2D eigenvalue weighted by atomic mass is 16.4. The first-order valence-electron chi connectivity index (χ1n) is 8.13. The molecule has 0 aliphatic carbocycles. The van der Waals surface area contributed by atoms with Crippen LogP contribution in [0.1, 0.15) is 46.5 Å². The highest BCUT2D eigenvalue weighted by Crippen LogP contribution is 2.34. The molecule has 2 heterocycles. The van der Waals surface area contributed by atoms with Gasteiger partial charge in [-0.1, -0.05) is 13.3 Å². The van der Waals surface area contributed by atoms with Crippen molar-refractivity contribution in [3.05, 3.63) is 0 Å². The molecule has 21 heavy (non-hydrogen) atoms. The van der Waals surface area contributed by atoms with Gasteiger partial charge in [-0.2, -0.15) is 0 Å².